The SMILES string of the molecule is O=C(O)c1ccc(C(=O)C#Cc2cccc(-c3cccs3)c2)cc1. The van der Waals surface area contributed by atoms with Crippen molar-refractivity contribution >= 4 is 23.1 Å². The molecular weight excluding hydrogens is 320 g/mol. The third-order valence-corrected chi connectivity index (χ3v) is 4.30. The third kappa shape index (κ3) is 3.60. The fourth-order valence-electron chi connectivity index (χ4n) is 2.16. The van der Waals surface area contributed by atoms with Crippen LogP contribution in [0.25, 0.3) is 10.4 Å². The number of benzene rings is 2. The number of hydrogen-bond acceptors (Lipinski definition) is 3. The molecule has 116 valence electrons. The molecule has 0 fully saturated rings. The van der Waals surface area contributed by atoms with E-state index in [4.69, 9.17) is 5.11 Å². The van der Waals surface area contributed by atoms with Gasteiger partial charge in [-0.1, -0.05) is 24.1 Å². The fourth-order valence-corrected chi connectivity index (χ4v) is 2.88. The molecule has 3 rings (SSSR count). The Bertz CT molecular complexity index is 943. The molecule has 0 saturated heterocycles. The van der Waals surface area contributed by atoms with Gasteiger partial charge in [-0.15, -0.1) is 11.3 Å². The van der Waals surface area contributed by atoms with Gasteiger partial charge in [0.1, 0.15) is 0 Å². The van der Waals surface area contributed by atoms with Crippen LogP contribution < -0.4 is 0 Å². The number of carboxylic acids is 1. The van der Waals surface area contributed by atoms with Crippen molar-refractivity contribution in [1.29, 1.82) is 0 Å². The Morgan fingerprint density at radius 1 is 0.917 bits per heavy atom. The van der Waals surface area contributed by atoms with E-state index in [0.717, 1.165) is 16.0 Å². The molecule has 0 unspecified atom stereocenters. The van der Waals surface area contributed by atoms with Crippen LogP contribution in [0.5, 0.6) is 0 Å². The zero-order valence-corrected chi connectivity index (χ0v) is 13.3. The lowest BCUT2D eigenvalue weighted by Crippen LogP contribution is -1.99. The minimum Gasteiger partial charge on any atom is -0.478 e. The van der Waals surface area contributed by atoms with E-state index in [2.05, 4.69) is 11.8 Å². The van der Waals surface area contributed by atoms with Crippen molar-refractivity contribution in [2.24, 2.45) is 0 Å². The first-order valence-electron chi connectivity index (χ1n) is 7.17. The number of ketones is 1. The first-order chi connectivity index (χ1) is 11.6. The Hall–Kier alpha value is -3.16. The summed E-state index contributed by atoms with van der Waals surface area (Å²) >= 11 is 1.65. The summed E-state index contributed by atoms with van der Waals surface area (Å²) in [6.07, 6.45) is 0. The monoisotopic (exact) mass is 332 g/mol. The molecule has 3 nitrogen and oxygen atoms in total. The van der Waals surface area contributed by atoms with E-state index in [1.807, 2.05) is 41.8 Å². The lowest BCUT2D eigenvalue weighted by Gasteiger charge is -1.98. The van der Waals surface area contributed by atoms with E-state index in [1.165, 1.54) is 24.3 Å². The van der Waals surface area contributed by atoms with Gasteiger partial charge >= 0.3 is 5.97 Å². The van der Waals surface area contributed by atoms with Crippen molar-refractivity contribution in [2.75, 3.05) is 0 Å². The van der Waals surface area contributed by atoms with Gasteiger partial charge in [0, 0.05) is 16.0 Å². The van der Waals surface area contributed by atoms with Gasteiger partial charge in [0.2, 0.25) is 5.78 Å². The Morgan fingerprint density at radius 2 is 1.67 bits per heavy atom. The molecule has 0 bridgehead atoms. The van der Waals surface area contributed by atoms with Crippen LogP contribution in [0.2, 0.25) is 0 Å². The highest BCUT2D eigenvalue weighted by molar-refractivity contribution is 7.13. The summed E-state index contributed by atoms with van der Waals surface area (Å²) in [6.45, 7) is 0. The van der Waals surface area contributed by atoms with Gasteiger partial charge in [-0.3, -0.25) is 4.79 Å². The van der Waals surface area contributed by atoms with Crippen LogP contribution in [0.3, 0.4) is 0 Å². The largest absolute Gasteiger partial charge is 0.478 e. The molecule has 1 heterocycles. The van der Waals surface area contributed by atoms with Crippen molar-refractivity contribution < 1.29 is 14.7 Å². The first-order valence-corrected chi connectivity index (χ1v) is 8.05. The molecular formula is C20H12O3S. The predicted octanol–water partition coefficient (Wildman–Crippen LogP) is 4.35. The highest BCUT2D eigenvalue weighted by Crippen LogP contribution is 2.24. The van der Waals surface area contributed by atoms with Crippen LogP contribution in [-0.2, 0) is 0 Å². The van der Waals surface area contributed by atoms with Crippen LogP contribution in [0.1, 0.15) is 26.3 Å². The number of thiophene rings is 1. The molecule has 3 aromatic rings. The molecule has 0 aliphatic carbocycles. The van der Waals surface area contributed by atoms with Gasteiger partial charge in [-0.05, 0) is 59.3 Å². The summed E-state index contributed by atoms with van der Waals surface area (Å²) in [5.74, 6) is 4.11. The minimum absolute atomic E-state index is 0.142. The molecule has 2 aromatic carbocycles. The average molecular weight is 332 g/mol. The molecule has 0 aliphatic heterocycles. The molecule has 0 saturated carbocycles. The number of Topliss-reactive ketones (excluding diaryl/α,β-unsaturated/α-hetero) is 1. The van der Waals surface area contributed by atoms with E-state index in [-0.39, 0.29) is 11.3 Å². The van der Waals surface area contributed by atoms with E-state index in [1.54, 1.807) is 11.3 Å². The number of carbonyl (C=O) groups is 2. The summed E-state index contributed by atoms with van der Waals surface area (Å²) in [4.78, 5) is 24.1. The maximum absolute atomic E-state index is 12.1. The smallest absolute Gasteiger partial charge is 0.335 e. The number of hydrogen-bond donors (Lipinski definition) is 1. The molecule has 1 aromatic heterocycles. The lowest BCUT2D eigenvalue weighted by atomic mass is 10.1. The predicted molar refractivity (Wildman–Crippen MR) is 94.4 cm³/mol. The molecule has 0 spiro atoms. The van der Waals surface area contributed by atoms with Crippen LogP contribution in [0.15, 0.2) is 66.0 Å². The summed E-state index contributed by atoms with van der Waals surface area (Å²) in [7, 11) is 0. The van der Waals surface area contributed by atoms with E-state index in [9.17, 15) is 9.59 Å². The van der Waals surface area contributed by atoms with Crippen LogP contribution in [0.4, 0.5) is 0 Å². The third-order valence-electron chi connectivity index (χ3n) is 3.38. The van der Waals surface area contributed by atoms with E-state index < -0.39 is 5.97 Å². The molecule has 0 radical (unpaired) electrons. The van der Waals surface area contributed by atoms with E-state index >= 15 is 0 Å². The highest BCUT2D eigenvalue weighted by Gasteiger charge is 2.05. The summed E-state index contributed by atoms with van der Waals surface area (Å²) in [6, 6.07) is 17.5. The minimum atomic E-state index is -1.02. The average Bonchev–Trinajstić information content (AvgIpc) is 3.15. The second-order valence-corrected chi connectivity index (χ2v) is 5.97. The zero-order valence-electron chi connectivity index (χ0n) is 12.5. The van der Waals surface area contributed by atoms with Crippen molar-refractivity contribution in [2.45, 2.75) is 0 Å². The van der Waals surface area contributed by atoms with Gasteiger partial charge in [0.05, 0.1) is 5.56 Å². The molecule has 0 atom stereocenters. The summed E-state index contributed by atoms with van der Waals surface area (Å²) < 4.78 is 0. The number of carbonyl (C=O) groups excluding carboxylic acids is 1. The first kappa shape index (κ1) is 15.7. The van der Waals surface area contributed by atoms with Crippen LogP contribution in [0, 0.1) is 11.8 Å². The standard InChI is InChI=1S/C20H12O3S/c21-18(15-7-9-16(10-8-15)20(22)23)11-6-14-3-1-4-17(13-14)19-5-2-12-24-19/h1-5,7-10,12-13H,(H,22,23). The second kappa shape index (κ2) is 6.95. The van der Waals surface area contributed by atoms with Crippen LogP contribution in [-0.4, -0.2) is 16.9 Å². The quantitative estimate of drug-likeness (QED) is 0.573. The molecule has 0 amide bonds. The number of aromatic carboxylic acids is 1. The van der Waals surface area contributed by atoms with Gasteiger partial charge < -0.3 is 5.11 Å². The van der Waals surface area contributed by atoms with Crippen molar-refractivity contribution in [3.63, 3.8) is 0 Å². The maximum Gasteiger partial charge on any atom is 0.335 e. The number of rotatable bonds is 3. The second-order valence-electron chi connectivity index (χ2n) is 5.02. The normalized spacial score (nSPS) is 9.83. The highest BCUT2D eigenvalue weighted by atomic mass is 32.1. The van der Waals surface area contributed by atoms with Crippen molar-refractivity contribution in [3.8, 4) is 22.3 Å². The Kier molecular flexibility index (Phi) is 4.55. The zero-order chi connectivity index (χ0) is 16.9. The lowest BCUT2D eigenvalue weighted by molar-refractivity contribution is 0.0696. The van der Waals surface area contributed by atoms with Gasteiger partial charge in [-0.2, -0.15) is 0 Å². The molecule has 0 aliphatic rings. The van der Waals surface area contributed by atoms with E-state index in [0.29, 0.717) is 5.56 Å². The van der Waals surface area contributed by atoms with Gasteiger partial charge in [0.15, 0.2) is 0 Å². The summed E-state index contributed by atoms with van der Waals surface area (Å²) in [5, 5.41) is 10.9. The summed E-state index contributed by atoms with van der Waals surface area (Å²) in [5.41, 5.74) is 2.34. The van der Waals surface area contributed by atoms with Crippen molar-refractivity contribution in [1.82, 2.24) is 0 Å². The molecule has 1 N–H and O–H groups in total. The van der Waals surface area contributed by atoms with Crippen LogP contribution >= 0.6 is 11.3 Å². The Balaban J connectivity index is 1.80. The topological polar surface area (TPSA) is 54.4 Å². The van der Waals surface area contributed by atoms with Crippen molar-refractivity contribution in [3.05, 3.63) is 82.7 Å². The van der Waals surface area contributed by atoms with Gasteiger partial charge in [-0.25, -0.2) is 4.79 Å². The van der Waals surface area contributed by atoms with Gasteiger partial charge in [0.25, 0.3) is 0 Å². The Morgan fingerprint density at radius 3 is 2.33 bits per heavy atom. The fraction of sp³-hybridized carbons (Fsp3) is 0. The molecule has 4 heteroatoms. The Labute approximate surface area is 143 Å². The number of carboxylic acid groups (broad SMARTS) is 1. The maximum atomic E-state index is 12.1. The molecule has 24 heavy (non-hydrogen) atoms.